The molecular formula is C18H16ClN3O7. The van der Waals surface area contributed by atoms with Crippen LogP contribution in [0.2, 0.25) is 5.02 Å². The van der Waals surface area contributed by atoms with Crippen molar-refractivity contribution < 1.29 is 28.7 Å². The van der Waals surface area contributed by atoms with Gasteiger partial charge in [-0.3, -0.25) is 14.9 Å². The third-order valence-corrected chi connectivity index (χ3v) is 3.79. The van der Waals surface area contributed by atoms with Gasteiger partial charge >= 0.3 is 5.97 Å². The molecule has 0 unspecified atom stereocenters. The summed E-state index contributed by atoms with van der Waals surface area (Å²) in [5.41, 5.74) is 2.61. The van der Waals surface area contributed by atoms with Crippen molar-refractivity contribution in [2.75, 3.05) is 20.8 Å². The molecule has 0 atom stereocenters. The topological polar surface area (TPSA) is 129 Å². The lowest BCUT2D eigenvalue weighted by atomic mass is 10.2. The first kappa shape index (κ1) is 21.6. The quantitative estimate of drug-likeness (QED) is 0.300. The average molecular weight is 422 g/mol. The molecule has 0 aliphatic heterocycles. The lowest BCUT2D eigenvalue weighted by Crippen LogP contribution is -2.17. The van der Waals surface area contributed by atoms with E-state index in [1.165, 1.54) is 50.8 Å². The van der Waals surface area contributed by atoms with Crippen LogP contribution in [0.3, 0.4) is 0 Å². The number of carbonyl (C=O) groups excluding carboxylic acids is 2. The van der Waals surface area contributed by atoms with E-state index in [0.29, 0.717) is 5.56 Å². The van der Waals surface area contributed by atoms with Crippen molar-refractivity contribution in [2.45, 2.75) is 0 Å². The zero-order valence-corrected chi connectivity index (χ0v) is 16.1. The number of nitrogens with one attached hydrogen (secondary N) is 1. The molecule has 0 aliphatic carbocycles. The summed E-state index contributed by atoms with van der Waals surface area (Å²) >= 11 is 6.15. The van der Waals surface area contributed by atoms with E-state index in [1.807, 2.05) is 0 Å². The van der Waals surface area contributed by atoms with Gasteiger partial charge in [0, 0.05) is 17.7 Å². The zero-order chi connectivity index (χ0) is 21.4. The van der Waals surface area contributed by atoms with Crippen LogP contribution in [-0.4, -0.2) is 43.8 Å². The number of rotatable bonds is 8. The van der Waals surface area contributed by atoms with E-state index in [0.717, 1.165) is 6.07 Å². The molecule has 0 aromatic heterocycles. The van der Waals surface area contributed by atoms with Crippen molar-refractivity contribution in [3.8, 4) is 11.5 Å². The maximum absolute atomic E-state index is 12.1. The van der Waals surface area contributed by atoms with Crippen LogP contribution in [-0.2, 0) is 9.53 Å². The number of nitrogens with zero attached hydrogens (tertiary/aromatic N) is 2. The van der Waals surface area contributed by atoms with Crippen LogP contribution in [0, 0.1) is 10.1 Å². The summed E-state index contributed by atoms with van der Waals surface area (Å²) in [7, 11) is 2.62. The van der Waals surface area contributed by atoms with Gasteiger partial charge in [0.2, 0.25) is 0 Å². The van der Waals surface area contributed by atoms with Crippen LogP contribution in [0.5, 0.6) is 11.5 Å². The molecule has 2 rings (SSSR count). The molecule has 0 aliphatic rings. The fraction of sp³-hybridized carbons (Fsp3) is 0.167. The highest BCUT2D eigenvalue weighted by Crippen LogP contribution is 2.36. The second-order valence-electron chi connectivity index (χ2n) is 5.41. The fourth-order valence-electron chi connectivity index (χ4n) is 2.14. The molecule has 0 saturated carbocycles. The molecule has 1 N–H and O–H groups in total. The number of benzene rings is 2. The maximum Gasteiger partial charge on any atom is 0.343 e. The molecule has 0 bridgehead atoms. The summed E-state index contributed by atoms with van der Waals surface area (Å²) in [6.07, 6.45) is 1.30. The minimum absolute atomic E-state index is 0.0820. The van der Waals surface area contributed by atoms with Crippen molar-refractivity contribution in [2.24, 2.45) is 5.10 Å². The number of methoxy groups -OCH3 is 2. The number of halogens is 1. The summed E-state index contributed by atoms with van der Waals surface area (Å²) < 4.78 is 15.0. The first-order valence-corrected chi connectivity index (χ1v) is 8.38. The smallest absolute Gasteiger partial charge is 0.343 e. The van der Waals surface area contributed by atoms with Crippen LogP contribution in [0.25, 0.3) is 0 Å². The molecule has 11 heteroatoms. The number of ether oxygens (including phenoxy) is 3. The predicted octanol–water partition coefficient (Wildman–Crippen LogP) is 2.57. The molecule has 0 fully saturated rings. The Kier molecular flexibility index (Phi) is 7.49. The van der Waals surface area contributed by atoms with Gasteiger partial charge in [-0.15, -0.1) is 0 Å². The second-order valence-corrected chi connectivity index (χ2v) is 5.81. The number of hydrogen-bond donors (Lipinski definition) is 1. The number of esters is 1. The lowest BCUT2D eigenvalue weighted by Gasteiger charge is -2.12. The van der Waals surface area contributed by atoms with E-state index in [9.17, 15) is 19.7 Å². The Labute approximate surface area is 170 Å². The summed E-state index contributed by atoms with van der Waals surface area (Å²) in [4.78, 5) is 33.5. The molecule has 0 heterocycles. The van der Waals surface area contributed by atoms with Crippen LogP contribution in [0.4, 0.5) is 5.69 Å². The maximum atomic E-state index is 12.1. The number of nitro groups is 1. The Bertz CT molecular complexity index is 962. The Morgan fingerprint density at radius 1 is 1.28 bits per heavy atom. The average Bonchev–Trinajstić information content (AvgIpc) is 2.72. The van der Waals surface area contributed by atoms with E-state index < -0.39 is 16.8 Å². The molecule has 2 aromatic rings. The Hall–Kier alpha value is -3.66. The number of hydrogen-bond acceptors (Lipinski definition) is 8. The third kappa shape index (κ3) is 5.91. The second kappa shape index (κ2) is 10.0. The molecule has 29 heavy (non-hydrogen) atoms. The summed E-state index contributed by atoms with van der Waals surface area (Å²) in [6, 6.07) is 8.25. The van der Waals surface area contributed by atoms with Gasteiger partial charge in [-0.25, -0.2) is 10.2 Å². The molecule has 2 aromatic carbocycles. The fourth-order valence-corrected chi connectivity index (χ4v) is 2.41. The first-order valence-electron chi connectivity index (χ1n) is 8.00. The predicted molar refractivity (Wildman–Crippen MR) is 104 cm³/mol. The van der Waals surface area contributed by atoms with Gasteiger partial charge in [-0.2, -0.15) is 5.10 Å². The van der Waals surface area contributed by atoms with E-state index in [4.69, 9.17) is 21.1 Å². The van der Waals surface area contributed by atoms with Gasteiger partial charge in [-0.1, -0.05) is 17.7 Å². The van der Waals surface area contributed by atoms with Crippen LogP contribution >= 0.6 is 11.6 Å². The van der Waals surface area contributed by atoms with Gasteiger partial charge in [0.1, 0.15) is 0 Å². The number of non-ortho nitro benzene ring substituents is 1. The van der Waals surface area contributed by atoms with Crippen molar-refractivity contribution in [1.82, 2.24) is 5.43 Å². The van der Waals surface area contributed by atoms with E-state index >= 15 is 0 Å². The van der Waals surface area contributed by atoms with Crippen LogP contribution in [0.1, 0.15) is 15.9 Å². The van der Waals surface area contributed by atoms with Gasteiger partial charge in [0.15, 0.2) is 18.1 Å². The van der Waals surface area contributed by atoms with Crippen molar-refractivity contribution in [3.63, 3.8) is 0 Å². The number of hydrazone groups is 1. The van der Waals surface area contributed by atoms with Gasteiger partial charge in [0.05, 0.1) is 30.4 Å². The first-order chi connectivity index (χ1) is 13.8. The van der Waals surface area contributed by atoms with E-state index in [-0.39, 0.29) is 34.4 Å². The highest BCUT2D eigenvalue weighted by Gasteiger charge is 2.14. The Morgan fingerprint density at radius 2 is 2.03 bits per heavy atom. The number of nitro benzene ring substituents is 1. The minimum atomic E-state index is -0.624. The molecule has 0 saturated heterocycles. The highest BCUT2D eigenvalue weighted by atomic mass is 35.5. The summed E-state index contributed by atoms with van der Waals surface area (Å²) in [6.45, 7) is -0.348. The number of carbonyl (C=O) groups is 2. The van der Waals surface area contributed by atoms with E-state index in [1.54, 1.807) is 0 Å². The SMILES string of the molecule is COC(=O)COc1c(Cl)cc(C=NNC(=O)c2cccc([N+](=O)[O-])c2)cc1OC. The standard InChI is InChI=1S/C18H16ClN3O7/c1-27-15-7-11(6-14(19)17(15)29-10-16(23)28-2)9-20-21-18(24)12-4-3-5-13(8-12)22(25)26/h3-9H,10H2,1-2H3,(H,21,24). The molecule has 1 amide bonds. The molecule has 0 radical (unpaired) electrons. The molecule has 152 valence electrons. The normalized spacial score (nSPS) is 10.4. The Morgan fingerprint density at radius 3 is 2.69 bits per heavy atom. The number of amides is 1. The highest BCUT2D eigenvalue weighted by molar-refractivity contribution is 6.32. The summed E-state index contributed by atoms with van der Waals surface area (Å²) in [5, 5.41) is 14.7. The molecule has 0 spiro atoms. The largest absolute Gasteiger partial charge is 0.493 e. The van der Waals surface area contributed by atoms with Crippen molar-refractivity contribution in [1.29, 1.82) is 0 Å². The van der Waals surface area contributed by atoms with Crippen molar-refractivity contribution in [3.05, 3.63) is 62.7 Å². The zero-order valence-electron chi connectivity index (χ0n) is 15.4. The molecular weight excluding hydrogens is 406 g/mol. The Balaban J connectivity index is 2.11. The van der Waals surface area contributed by atoms with Gasteiger partial charge in [-0.05, 0) is 23.8 Å². The van der Waals surface area contributed by atoms with Crippen LogP contribution in [0.15, 0.2) is 41.5 Å². The minimum Gasteiger partial charge on any atom is -0.493 e. The molecule has 10 nitrogen and oxygen atoms in total. The van der Waals surface area contributed by atoms with Crippen LogP contribution < -0.4 is 14.9 Å². The summed E-state index contributed by atoms with van der Waals surface area (Å²) in [5.74, 6) is -0.816. The van der Waals surface area contributed by atoms with Gasteiger partial charge in [0.25, 0.3) is 11.6 Å². The monoisotopic (exact) mass is 421 g/mol. The lowest BCUT2D eigenvalue weighted by molar-refractivity contribution is -0.384. The van der Waals surface area contributed by atoms with Crippen molar-refractivity contribution >= 4 is 35.4 Å². The third-order valence-electron chi connectivity index (χ3n) is 3.51. The van der Waals surface area contributed by atoms with E-state index in [2.05, 4.69) is 15.3 Å². The van der Waals surface area contributed by atoms with Gasteiger partial charge < -0.3 is 14.2 Å².